The van der Waals surface area contributed by atoms with Gasteiger partial charge in [0.25, 0.3) is 0 Å². The third-order valence-corrected chi connectivity index (χ3v) is 3.76. The molecule has 0 aromatic carbocycles. The fourth-order valence-electron chi connectivity index (χ4n) is 2.83. The molecule has 1 aliphatic heterocycles. The minimum Gasteiger partial charge on any atom is -0.384 e. The van der Waals surface area contributed by atoms with Crippen molar-refractivity contribution in [3.05, 3.63) is 11.8 Å². The maximum Gasteiger partial charge on any atom is 0.233 e. The zero-order valence-electron chi connectivity index (χ0n) is 9.35. The number of nitrogens with zero attached hydrogens (tertiary/aromatic N) is 2. The molecule has 0 bridgehead atoms. The number of H-pyrrole nitrogens is 1. The van der Waals surface area contributed by atoms with Gasteiger partial charge in [0.05, 0.1) is 24.6 Å². The lowest BCUT2D eigenvalue weighted by molar-refractivity contribution is -0.141. The fourth-order valence-corrected chi connectivity index (χ4v) is 2.83. The maximum absolute atomic E-state index is 12.1. The van der Waals surface area contributed by atoms with Crippen LogP contribution in [0.5, 0.6) is 0 Å². The van der Waals surface area contributed by atoms with Crippen molar-refractivity contribution in [1.82, 2.24) is 15.1 Å². The van der Waals surface area contributed by atoms with Gasteiger partial charge in [0, 0.05) is 5.56 Å². The molecule has 6 nitrogen and oxygen atoms in total. The first-order valence-electron chi connectivity index (χ1n) is 5.81. The zero-order chi connectivity index (χ0) is 12.0. The monoisotopic (exact) mass is 234 g/mol. The summed E-state index contributed by atoms with van der Waals surface area (Å²) in [5, 5.41) is 6.39. The number of nitrogen functional groups attached to an aromatic ring is 1. The highest BCUT2D eigenvalue weighted by Gasteiger charge is 2.49. The molecule has 1 aromatic heterocycles. The second-order valence-corrected chi connectivity index (χ2v) is 4.72. The van der Waals surface area contributed by atoms with Crippen molar-refractivity contribution in [2.45, 2.75) is 25.8 Å². The fraction of sp³-hybridized carbons (Fsp3) is 0.545. The van der Waals surface area contributed by atoms with Crippen molar-refractivity contribution in [3.8, 4) is 0 Å². The van der Waals surface area contributed by atoms with Gasteiger partial charge in [-0.05, 0) is 12.8 Å². The molecule has 0 spiro atoms. The smallest absolute Gasteiger partial charge is 0.233 e. The van der Waals surface area contributed by atoms with Crippen molar-refractivity contribution in [2.75, 3.05) is 5.73 Å². The van der Waals surface area contributed by atoms with Crippen LogP contribution < -0.4 is 5.73 Å². The molecule has 3 rings (SSSR count). The Morgan fingerprint density at radius 1 is 1.35 bits per heavy atom. The molecule has 90 valence electrons. The van der Waals surface area contributed by atoms with Crippen LogP contribution in [0.2, 0.25) is 0 Å². The average molecular weight is 234 g/mol. The third kappa shape index (κ3) is 1.44. The highest BCUT2D eigenvalue weighted by Crippen LogP contribution is 2.40. The largest absolute Gasteiger partial charge is 0.384 e. The summed E-state index contributed by atoms with van der Waals surface area (Å²) in [5.41, 5.74) is 6.36. The van der Waals surface area contributed by atoms with E-state index in [0.717, 1.165) is 19.3 Å². The van der Waals surface area contributed by atoms with Gasteiger partial charge in [0.15, 0.2) is 0 Å². The van der Waals surface area contributed by atoms with E-state index < -0.39 is 0 Å². The molecule has 2 aliphatic rings. The summed E-state index contributed by atoms with van der Waals surface area (Å²) in [6, 6.07) is 0. The van der Waals surface area contributed by atoms with E-state index in [2.05, 4.69) is 10.2 Å². The van der Waals surface area contributed by atoms with Crippen molar-refractivity contribution >= 4 is 17.6 Å². The first-order chi connectivity index (χ1) is 8.18. The molecule has 1 aromatic rings. The van der Waals surface area contributed by atoms with Crippen LogP contribution in [-0.4, -0.2) is 26.9 Å². The van der Waals surface area contributed by atoms with Crippen LogP contribution in [0.15, 0.2) is 6.20 Å². The number of nitrogens with one attached hydrogen (secondary N) is 1. The SMILES string of the molecule is Nc1[nH]ncc1CN1C(=O)C2CCCC2C1=O. The van der Waals surface area contributed by atoms with Crippen molar-refractivity contribution in [2.24, 2.45) is 11.8 Å². The molecule has 2 unspecified atom stereocenters. The standard InChI is InChI=1S/C11H14N4O2/c12-9-6(4-13-14-9)5-15-10(16)7-2-1-3-8(7)11(15)17/h4,7-8H,1-3,5H2,(H3,12,13,14). The Kier molecular flexibility index (Phi) is 2.17. The number of carbonyl (C=O) groups is 2. The Morgan fingerprint density at radius 2 is 2.00 bits per heavy atom. The number of imide groups is 1. The first-order valence-corrected chi connectivity index (χ1v) is 5.81. The minimum absolute atomic E-state index is 0.0434. The van der Waals surface area contributed by atoms with Crippen LogP contribution in [-0.2, 0) is 16.1 Å². The lowest BCUT2D eigenvalue weighted by Gasteiger charge is -2.14. The lowest BCUT2D eigenvalue weighted by atomic mass is 10.00. The molecule has 0 radical (unpaired) electrons. The van der Waals surface area contributed by atoms with Crippen molar-refractivity contribution < 1.29 is 9.59 Å². The number of hydrogen-bond donors (Lipinski definition) is 2. The van der Waals surface area contributed by atoms with Crippen LogP contribution >= 0.6 is 0 Å². The van der Waals surface area contributed by atoms with Gasteiger partial charge in [-0.1, -0.05) is 6.42 Å². The zero-order valence-corrected chi connectivity index (χ0v) is 9.35. The first kappa shape index (κ1) is 10.3. The van der Waals surface area contributed by atoms with Crippen LogP contribution in [0, 0.1) is 11.8 Å². The number of likely N-dealkylation sites (tertiary alicyclic amines) is 1. The number of rotatable bonds is 2. The van der Waals surface area contributed by atoms with Gasteiger partial charge in [-0.2, -0.15) is 5.10 Å². The number of aromatic nitrogens is 2. The highest BCUT2D eigenvalue weighted by atomic mass is 16.2. The van der Waals surface area contributed by atoms with Crippen LogP contribution in [0.1, 0.15) is 24.8 Å². The van der Waals surface area contributed by atoms with E-state index >= 15 is 0 Å². The quantitative estimate of drug-likeness (QED) is 0.719. The van der Waals surface area contributed by atoms with Gasteiger partial charge >= 0.3 is 0 Å². The summed E-state index contributed by atoms with van der Waals surface area (Å²) in [6.07, 6.45) is 4.22. The Labute approximate surface area is 98.2 Å². The van der Waals surface area contributed by atoms with Crippen molar-refractivity contribution in [1.29, 1.82) is 0 Å². The molecule has 2 amide bonds. The van der Waals surface area contributed by atoms with E-state index in [4.69, 9.17) is 5.73 Å². The highest BCUT2D eigenvalue weighted by molar-refractivity contribution is 6.05. The minimum atomic E-state index is -0.0874. The predicted octanol–water partition coefficient (Wildman–Crippen LogP) is 0.277. The number of amides is 2. The van der Waals surface area contributed by atoms with Gasteiger partial charge in [-0.3, -0.25) is 19.6 Å². The number of carbonyl (C=O) groups excluding carboxylic acids is 2. The Bertz CT molecular complexity index is 460. The number of fused-ring (bicyclic) bond motifs is 1. The Balaban J connectivity index is 1.83. The molecule has 17 heavy (non-hydrogen) atoms. The molecule has 1 saturated carbocycles. The molecule has 3 N–H and O–H groups in total. The summed E-state index contributed by atoms with van der Waals surface area (Å²) < 4.78 is 0. The molecule has 2 fully saturated rings. The summed E-state index contributed by atoms with van der Waals surface area (Å²) in [7, 11) is 0. The second-order valence-electron chi connectivity index (χ2n) is 4.72. The summed E-state index contributed by atoms with van der Waals surface area (Å²) in [6.45, 7) is 0.243. The number of hydrogen-bond acceptors (Lipinski definition) is 4. The third-order valence-electron chi connectivity index (χ3n) is 3.76. The van der Waals surface area contributed by atoms with E-state index in [9.17, 15) is 9.59 Å². The molecular weight excluding hydrogens is 220 g/mol. The molecule has 2 atom stereocenters. The number of aromatic amines is 1. The van der Waals surface area contributed by atoms with E-state index in [1.54, 1.807) is 6.20 Å². The van der Waals surface area contributed by atoms with Gasteiger partial charge in [0.1, 0.15) is 5.82 Å². The normalized spacial score (nSPS) is 27.9. The van der Waals surface area contributed by atoms with Gasteiger partial charge in [0.2, 0.25) is 11.8 Å². The maximum atomic E-state index is 12.1. The predicted molar refractivity (Wildman–Crippen MR) is 59.4 cm³/mol. The summed E-state index contributed by atoms with van der Waals surface area (Å²) >= 11 is 0. The Hall–Kier alpha value is -1.85. The van der Waals surface area contributed by atoms with E-state index in [-0.39, 0.29) is 30.2 Å². The molecule has 1 saturated heterocycles. The van der Waals surface area contributed by atoms with Gasteiger partial charge in [-0.15, -0.1) is 0 Å². The van der Waals surface area contributed by atoms with E-state index in [0.29, 0.717) is 11.4 Å². The topological polar surface area (TPSA) is 92.1 Å². The second kappa shape index (κ2) is 3.58. The number of anilines is 1. The Morgan fingerprint density at radius 3 is 2.53 bits per heavy atom. The van der Waals surface area contributed by atoms with Crippen LogP contribution in [0.3, 0.4) is 0 Å². The van der Waals surface area contributed by atoms with Gasteiger partial charge in [-0.25, -0.2) is 0 Å². The molecular formula is C11H14N4O2. The molecule has 1 aliphatic carbocycles. The van der Waals surface area contributed by atoms with Crippen molar-refractivity contribution in [3.63, 3.8) is 0 Å². The molecule has 6 heteroatoms. The summed E-state index contributed by atoms with van der Waals surface area (Å²) in [5.74, 6) is 0.158. The van der Waals surface area contributed by atoms with E-state index in [1.165, 1.54) is 4.90 Å². The lowest BCUT2D eigenvalue weighted by Crippen LogP contribution is -2.31. The van der Waals surface area contributed by atoms with Gasteiger partial charge < -0.3 is 5.73 Å². The van der Waals surface area contributed by atoms with E-state index in [1.807, 2.05) is 0 Å². The summed E-state index contributed by atoms with van der Waals surface area (Å²) in [4.78, 5) is 25.5. The van der Waals surface area contributed by atoms with Crippen LogP contribution in [0.4, 0.5) is 5.82 Å². The molecule has 2 heterocycles. The van der Waals surface area contributed by atoms with Crippen LogP contribution in [0.25, 0.3) is 0 Å². The number of nitrogens with two attached hydrogens (primary N) is 1. The average Bonchev–Trinajstić information content (AvgIpc) is 2.97.